The number of para-hydroxylation sites is 1. The molecule has 1 fully saturated rings. The summed E-state index contributed by atoms with van der Waals surface area (Å²) in [5.41, 5.74) is 2.12. The van der Waals surface area contributed by atoms with E-state index in [0.29, 0.717) is 29.5 Å². The maximum absolute atomic E-state index is 13.8. The highest BCUT2D eigenvalue weighted by Crippen LogP contribution is 2.39. The fourth-order valence-electron chi connectivity index (χ4n) is 4.20. The summed E-state index contributed by atoms with van der Waals surface area (Å²) in [4.78, 5) is 29.1. The highest BCUT2D eigenvalue weighted by molar-refractivity contribution is 5.90. The molecular weight excluding hydrogens is 446 g/mol. The first-order valence-electron chi connectivity index (χ1n) is 12.0. The quantitative estimate of drug-likeness (QED) is 0.453. The Bertz CT molecular complexity index is 1190. The molecule has 1 heterocycles. The van der Waals surface area contributed by atoms with Crippen LogP contribution in [-0.2, 0) is 16.1 Å². The monoisotopic (exact) mass is 479 g/mol. The van der Waals surface area contributed by atoms with Crippen LogP contribution in [0.1, 0.15) is 44.7 Å². The molecule has 2 amide bonds. The van der Waals surface area contributed by atoms with Crippen LogP contribution in [0.15, 0.2) is 42.5 Å². The van der Waals surface area contributed by atoms with Gasteiger partial charge in [-0.05, 0) is 49.4 Å². The van der Waals surface area contributed by atoms with Crippen LogP contribution in [0.5, 0.6) is 11.5 Å². The van der Waals surface area contributed by atoms with Crippen molar-refractivity contribution < 1.29 is 19.1 Å². The number of carbonyl (C=O) groups is 2. The van der Waals surface area contributed by atoms with E-state index in [4.69, 9.17) is 9.47 Å². The maximum atomic E-state index is 13.8. The lowest BCUT2D eigenvalue weighted by atomic mass is 10.0. The first-order valence-corrected chi connectivity index (χ1v) is 12.0. The number of aromatic nitrogens is 3. The van der Waals surface area contributed by atoms with Crippen molar-refractivity contribution >= 4 is 22.8 Å². The van der Waals surface area contributed by atoms with Crippen LogP contribution in [-0.4, -0.2) is 58.5 Å². The Morgan fingerprint density at radius 3 is 2.60 bits per heavy atom. The number of fused-ring (bicyclic) bond motifs is 1. The Kier molecular flexibility index (Phi) is 7.53. The minimum atomic E-state index is -0.835. The van der Waals surface area contributed by atoms with Gasteiger partial charge in [0.25, 0.3) is 0 Å². The number of nitrogens with zero attached hydrogens (tertiary/aromatic N) is 4. The van der Waals surface area contributed by atoms with Gasteiger partial charge in [-0.2, -0.15) is 0 Å². The second kappa shape index (κ2) is 10.8. The van der Waals surface area contributed by atoms with Crippen LogP contribution in [0.2, 0.25) is 0 Å². The SMILES string of the molecule is COc1ccc([C@H](C(=O)NCCC(C)C)N(C(=O)Cn2nnc3ccccc32)C2CC2)c(OC)c1. The minimum Gasteiger partial charge on any atom is -0.497 e. The molecule has 0 radical (unpaired) electrons. The number of rotatable bonds is 11. The van der Waals surface area contributed by atoms with Crippen molar-refractivity contribution in [1.82, 2.24) is 25.2 Å². The van der Waals surface area contributed by atoms with Gasteiger partial charge >= 0.3 is 0 Å². The van der Waals surface area contributed by atoms with Gasteiger partial charge in [-0.15, -0.1) is 5.10 Å². The summed E-state index contributed by atoms with van der Waals surface area (Å²) in [6, 6.07) is 12.0. The number of hydrogen-bond acceptors (Lipinski definition) is 6. The Morgan fingerprint density at radius 2 is 1.91 bits per heavy atom. The van der Waals surface area contributed by atoms with Gasteiger partial charge in [0.05, 0.1) is 19.7 Å². The molecule has 0 saturated heterocycles. The molecule has 0 aliphatic heterocycles. The number of nitrogens with one attached hydrogen (secondary N) is 1. The number of amides is 2. The first kappa shape index (κ1) is 24.5. The average molecular weight is 480 g/mol. The minimum absolute atomic E-state index is 0.00867. The number of ether oxygens (including phenoxy) is 2. The molecule has 0 bridgehead atoms. The molecule has 1 saturated carbocycles. The third-order valence-electron chi connectivity index (χ3n) is 6.22. The molecule has 1 aliphatic rings. The molecule has 2 aromatic carbocycles. The van der Waals surface area contributed by atoms with Crippen LogP contribution in [0.3, 0.4) is 0 Å². The van der Waals surface area contributed by atoms with Crippen LogP contribution in [0, 0.1) is 5.92 Å². The van der Waals surface area contributed by atoms with Gasteiger partial charge in [-0.1, -0.05) is 31.2 Å². The third kappa shape index (κ3) is 5.55. The van der Waals surface area contributed by atoms with Crippen molar-refractivity contribution in [2.75, 3.05) is 20.8 Å². The van der Waals surface area contributed by atoms with Gasteiger partial charge in [0.15, 0.2) is 0 Å². The summed E-state index contributed by atoms with van der Waals surface area (Å²) in [6.07, 6.45) is 2.54. The standard InChI is InChI=1S/C26H33N5O4/c1-17(2)13-14-27-26(33)25(20-12-11-19(34-3)15-23(20)35-4)31(18-9-10-18)24(32)16-30-22-8-6-5-7-21(22)28-29-30/h5-8,11-12,15,17-18,25H,9-10,13-14,16H2,1-4H3,(H,27,33)/t25-/m1/s1. The lowest BCUT2D eigenvalue weighted by molar-refractivity contribution is -0.142. The van der Waals surface area contributed by atoms with Crippen LogP contribution in [0.4, 0.5) is 0 Å². The summed E-state index contributed by atoms with van der Waals surface area (Å²) >= 11 is 0. The van der Waals surface area contributed by atoms with E-state index in [-0.39, 0.29) is 24.4 Å². The van der Waals surface area contributed by atoms with Crippen molar-refractivity contribution in [2.45, 2.75) is 51.7 Å². The zero-order valence-corrected chi connectivity index (χ0v) is 20.7. The topological polar surface area (TPSA) is 98.6 Å². The predicted octanol–water partition coefficient (Wildman–Crippen LogP) is 3.34. The van der Waals surface area contributed by atoms with Gasteiger partial charge < -0.3 is 19.7 Å². The highest BCUT2D eigenvalue weighted by Gasteiger charge is 2.42. The molecule has 4 rings (SSSR count). The van der Waals surface area contributed by atoms with Crippen molar-refractivity contribution in [3.05, 3.63) is 48.0 Å². The molecule has 1 N–H and O–H groups in total. The zero-order chi connectivity index (χ0) is 24.9. The fraction of sp³-hybridized carbons (Fsp3) is 0.462. The first-order chi connectivity index (χ1) is 16.9. The predicted molar refractivity (Wildman–Crippen MR) is 132 cm³/mol. The van der Waals surface area contributed by atoms with Crippen LogP contribution < -0.4 is 14.8 Å². The fourth-order valence-corrected chi connectivity index (χ4v) is 4.20. The Balaban J connectivity index is 1.69. The van der Waals surface area contributed by atoms with E-state index in [1.165, 1.54) is 0 Å². The van der Waals surface area contributed by atoms with E-state index in [1.54, 1.807) is 42.0 Å². The van der Waals surface area contributed by atoms with Crippen molar-refractivity contribution in [2.24, 2.45) is 5.92 Å². The summed E-state index contributed by atoms with van der Waals surface area (Å²) in [6.45, 7) is 4.74. The van der Waals surface area contributed by atoms with E-state index in [0.717, 1.165) is 30.3 Å². The second-order valence-electron chi connectivity index (χ2n) is 9.25. The lowest BCUT2D eigenvalue weighted by Gasteiger charge is -2.32. The molecular formula is C26H33N5O4. The lowest BCUT2D eigenvalue weighted by Crippen LogP contribution is -2.46. The molecule has 9 nitrogen and oxygen atoms in total. The molecule has 3 aromatic rings. The smallest absolute Gasteiger partial charge is 0.247 e. The van der Waals surface area contributed by atoms with E-state index < -0.39 is 6.04 Å². The van der Waals surface area contributed by atoms with Crippen molar-refractivity contribution in [3.63, 3.8) is 0 Å². The number of hydrogen-bond donors (Lipinski definition) is 1. The molecule has 1 atom stereocenters. The molecule has 35 heavy (non-hydrogen) atoms. The van der Waals surface area contributed by atoms with Crippen molar-refractivity contribution in [3.8, 4) is 11.5 Å². The van der Waals surface area contributed by atoms with Gasteiger partial charge in [-0.3, -0.25) is 9.59 Å². The average Bonchev–Trinajstić information content (AvgIpc) is 3.62. The molecule has 1 aliphatic carbocycles. The van der Waals surface area contributed by atoms with E-state index in [1.807, 2.05) is 24.3 Å². The maximum Gasteiger partial charge on any atom is 0.247 e. The van der Waals surface area contributed by atoms with Crippen LogP contribution in [0.25, 0.3) is 11.0 Å². The Hall–Kier alpha value is -3.62. The Morgan fingerprint density at radius 1 is 1.14 bits per heavy atom. The van der Waals surface area contributed by atoms with Gasteiger partial charge in [0.1, 0.15) is 29.6 Å². The van der Waals surface area contributed by atoms with Gasteiger partial charge in [0, 0.05) is 24.2 Å². The number of carbonyl (C=O) groups excluding carboxylic acids is 2. The molecule has 9 heteroatoms. The summed E-state index contributed by atoms with van der Waals surface area (Å²) in [5, 5.41) is 11.4. The normalized spacial score (nSPS) is 14.1. The molecule has 1 aromatic heterocycles. The second-order valence-corrected chi connectivity index (χ2v) is 9.25. The van der Waals surface area contributed by atoms with Gasteiger partial charge in [0.2, 0.25) is 11.8 Å². The van der Waals surface area contributed by atoms with E-state index in [9.17, 15) is 9.59 Å². The number of benzene rings is 2. The van der Waals surface area contributed by atoms with Crippen LogP contribution >= 0.6 is 0 Å². The largest absolute Gasteiger partial charge is 0.497 e. The third-order valence-corrected chi connectivity index (χ3v) is 6.22. The molecule has 0 spiro atoms. The van der Waals surface area contributed by atoms with Gasteiger partial charge in [-0.25, -0.2) is 4.68 Å². The Labute approximate surface area is 205 Å². The molecule has 0 unspecified atom stereocenters. The summed E-state index contributed by atoms with van der Waals surface area (Å²) in [7, 11) is 3.13. The van der Waals surface area contributed by atoms with Crippen molar-refractivity contribution in [1.29, 1.82) is 0 Å². The molecule has 186 valence electrons. The summed E-state index contributed by atoms with van der Waals surface area (Å²) in [5.74, 6) is 1.15. The highest BCUT2D eigenvalue weighted by atomic mass is 16.5. The summed E-state index contributed by atoms with van der Waals surface area (Å²) < 4.78 is 12.6. The van der Waals surface area contributed by atoms with E-state index in [2.05, 4.69) is 29.5 Å². The number of methoxy groups -OCH3 is 2. The zero-order valence-electron chi connectivity index (χ0n) is 20.7. The van der Waals surface area contributed by atoms with E-state index >= 15 is 0 Å².